The fraction of sp³-hybridized carbons (Fsp3) is 0.231. The monoisotopic (exact) mass is 279 g/mol. The van der Waals surface area contributed by atoms with E-state index in [4.69, 9.17) is 5.73 Å². The molecule has 2 rings (SSSR count). The molecule has 0 fully saturated rings. The van der Waals surface area contributed by atoms with Gasteiger partial charge in [-0.2, -0.15) is 0 Å². The number of nitrogens with zero attached hydrogens (tertiary/aromatic N) is 1. The topological polar surface area (TPSA) is 68.0 Å². The first-order valence-corrected chi connectivity index (χ1v) is 6.64. The summed E-state index contributed by atoms with van der Waals surface area (Å²) < 4.78 is 13.1. The van der Waals surface area contributed by atoms with Gasteiger partial charge < -0.3 is 5.73 Å². The minimum absolute atomic E-state index is 0.183. The van der Waals surface area contributed by atoms with Crippen molar-refractivity contribution in [3.63, 3.8) is 0 Å². The van der Waals surface area contributed by atoms with Gasteiger partial charge in [0.2, 0.25) is 0 Å². The van der Waals surface area contributed by atoms with Gasteiger partial charge in [0, 0.05) is 17.0 Å². The molecule has 1 amide bonds. The number of halogens is 1. The number of amides is 1. The average molecular weight is 279 g/mol. The van der Waals surface area contributed by atoms with Crippen LogP contribution >= 0.6 is 11.3 Å². The molecule has 6 heteroatoms. The van der Waals surface area contributed by atoms with Gasteiger partial charge in [-0.1, -0.05) is 6.07 Å². The third-order valence-electron chi connectivity index (χ3n) is 2.65. The van der Waals surface area contributed by atoms with Crippen LogP contribution in [0.4, 0.5) is 9.52 Å². The van der Waals surface area contributed by atoms with E-state index in [2.05, 4.69) is 10.3 Å². The van der Waals surface area contributed by atoms with Crippen molar-refractivity contribution >= 4 is 22.4 Å². The lowest BCUT2D eigenvalue weighted by Gasteiger charge is -2.05. The van der Waals surface area contributed by atoms with Gasteiger partial charge in [-0.15, -0.1) is 11.3 Å². The summed E-state index contributed by atoms with van der Waals surface area (Å²) in [5.41, 5.74) is 7.43. The molecular weight excluding hydrogens is 265 g/mol. The van der Waals surface area contributed by atoms with E-state index in [0.717, 1.165) is 5.69 Å². The predicted octanol–water partition coefficient (Wildman–Crippen LogP) is 2.86. The van der Waals surface area contributed by atoms with Gasteiger partial charge in [-0.3, -0.25) is 10.1 Å². The maximum Gasteiger partial charge on any atom is 0.257 e. The van der Waals surface area contributed by atoms with Crippen molar-refractivity contribution in [3.8, 4) is 0 Å². The summed E-state index contributed by atoms with van der Waals surface area (Å²) in [5, 5.41) is 4.90. The fourth-order valence-electron chi connectivity index (χ4n) is 1.56. The van der Waals surface area contributed by atoms with E-state index in [1.165, 1.54) is 23.5 Å². The number of hydrogen-bond acceptors (Lipinski definition) is 4. The van der Waals surface area contributed by atoms with Crippen LogP contribution in [-0.4, -0.2) is 10.9 Å². The Labute approximate surface area is 114 Å². The second-order valence-corrected chi connectivity index (χ2v) is 5.14. The number of rotatable bonds is 3. The standard InChI is InChI=1S/C13H14FN3OS/c1-7-3-4-9(14)5-10(7)12(18)17-13-16-11(6-19-13)8(2)15/h3-6,8H,15H2,1-2H3,(H,16,17,18). The number of carbonyl (C=O) groups is 1. The summed E-state index contributed by atoms with van der Waals surface area (Å²) in [6.45, 7) is 3.57. The van der Waals surface area contributed by atoms with Crippen LogP contribution in [0.3, 0.4) is 0 Å². The number of benzene rings is 1. The normalized spacial score (nSPS) is 12.2. The van der Waals surface area contributed by atoms with Crippen LogP contribution in [0.1, 0.15) is 34.6 Å². The Bertz CT molecular complexity index is 610. The maximum absolute atomic E-state index is 13.1. The molecule has 0 radical (unpaired) electrons. The first-order valence-electron chi connectivity index (χ1n) is 5.76. The molecule has 0 bridgehead atoms. The number of hydrogen-bond donors (Lipinski definition) is 2. The summed E-state index contributed by atoms with van der Waals surface area (Å²) in [4.78, 5) is 16.2. The molecule has 19 heavy (non-hydrogen) atoms. The molecule has 1 heterocycles. The Morgan fingerprint density at radius 3 is 2.89 bits per heavy atom. The summed E-state index contributed by atoms with van der Waals surface area (Å²) in [6.07, 6.45) is 0. The van der Waals surface area contributed by atoms with Crippen LogP contribution < -0.4 is 11.1 Å². The van der Waals surface area contributed by atoms with Crippen LogP contribution in [0.5, 0.6) is 0 Å². The van der Waals surface area contributed by atoms with E-state index in [9.17, 15) is 9.18 Å². The Morgan fingerprint density at radius 2 is 2.26 bits per heavy atom. The minimum atomic E-state index is -0.439. The summed E-state index contributed by atoms with van der Waals surface area (Å²) >= 11 is 1.29. The van der Waals surface area contributed by atoms with Crippen LogP contribution in [0.2, 0.25) is 0 Å². The molecule has 1 atom stereocenters. The second-order valence-electron chi connectivity index (χ2n) is 4.28. The molecule has 0 aliphatic carbocycles. The average Bonchev–Trinajstić information content (AvgIpc) is 2.80. The van der Waals surface area contributed by atoms with Crippen molar-refractivity contribution in [2.45, 2.75) is 19.9 Å². The summed E-state index contributed by atoms with van der Waals surface area (Å²) in [6, 6.07) is 3.92. The zero-order valence-electron chi connectivity index (χ0n) is 10.6. The van der Waals surface area contributed by atoms with Gasteiger partial charge in [0.1, 0.15) is 5.82 Å². The van der Waals surface area contributed by atoms with Crippen molar-refractivity contribution in [1.29, 1.82) is 0 Å². The predicted molar refractivity (Wildman–Crippen MR) is 73.8 cm³/mol. The molecule has 0 aliphatic heterocycles. The first kappa shape index (κ1) is 13.6. The molecule has 0 aliphatic rings. The number of anilines is 1. The van der Waals surface area contributed by atoms with Gasteiger partial charge in [0.05, 0.1) is 5.69 Å². The Kier molecular flexibility index (Phi) is 3.92. The number of carbonyl (C=O) groups excluding carboxylic acids is 1. The molecule has 3 N–H and O–H groups in total. The first-order chi connectivity index (χ1) is 8.97. The number of thiazole rings is 1. The lowest BCUT2D eigenvalue weighted by molar-refractivity contribution is 0.102. The Hall–Kier alpha value is -1.79. The summed E-state index contributed by atoms with van der Waals surface area (Å²) in [5.74, 6) is -0.811. The SMILES string of the molecule is Cc1ccc(F)cc1C(=O)Nc1nc(C(C)N)cs1. The quantitative estimate of drug-likeness (QED) is 0.907. The van der Waals surface area contributed by atoms with E-state index in [1.807, 2.05) is 6.92 Å². The molecule has 0 spiro atoms. The number of aryl methyl sites for hydroxylation is 1. The molecule has 1 unspecified atom stereocenters. The lowest BCUT2D eigenvalue weighted by atomic mass is 10.1. The zero-order chi connectivity index (χ0) is 14.0. The van der Waals surface area contributed by atoms with E-state index in [1.54, 1.807) is 18.4 Å². The highest BCUT2D eigenvalue weighted by Gasteiger charge is 2.13. The third kappa shape index (κ3) is 3.15. The Morgan fingerprint density at radius 1 is 1.53 bits per heavy atom. The van der Waals surface area contributed by atoms with Gasteiger partial charge >= 0.3 is 0 Å². The smallest absolute Gasteiger partial charge is 0.257 e. The lowest BCUT2D eigenvalue weighted by Crippen LogP contribution is -2.14. The maximum atomic E-state index is 13.1. The highest BCUT2D eigenvalue weighted by molar-refractivity contribution is 7.14. The molecule has 100 valence electrons. The van der Waals surface area contributed by atoms with Crippen LogP contribution in [0, 0.1) is 12.7 Å². The molecule has 0 saturated heterocycles. The van der Waals surface area contributed by atoms with E-state index in [0.29, 0.717) is 16.3 Å². The minimum Gasteiger partial charge on any atom is -0.323 e. The third-order valence-corrected chi connectivity index (χ3v) is 3.43. The van der Waals surface area contributed by atoms with Crippen molar-refractivity contribution in [2.24, 2.45) is 5.73 Å². The zero-order valence-corrected chi connectivity index (χ0v) is 11.4. The van der Waals surface area contributed by atoms with Crippen molar-refractivity contribution in [2.75, 3.05) is 5.32 Å². The van der Waals surface area contributed by atoms with Crippen LogP contribution in [-0.2, 0) is 0 Å². The molecule has 1 aromatic carbocycles. The fourth-order valence-corrected chi connectivity index (χ4v) is 2.37. The van der Waals surface area contributed by atoms with Gasteiger partial charge in [0.15, 0.2) is 5.13 Å². The molecule has 1 aromatic heterocycles. The number of nitrogens with two attached hydrogens (primary N) is 1. The molecule has 4 nitrogen and oxygen atoms in total. The number of aromatic nitrogens is 1. The van der Waals surface area contributed by atoms with Crippen molar-refractivity contribution in [3.05, 3.63) is 46.2 Å². The highest BCUT2D eigenvalue weighted by atomic mass is 32.1. The van der Waals surface area contributed by atoms with Gasteiger partial charge in [0.25, 0.3) is 5.91 Å². The van der Waals surface area contributed by atoms with E-state index in [-0.39, 0.29) is 11.9 Å². The molecular formula is C13H14FN3OS. The van der Waals surface area contributed by atoms with E-state index >= 15 is 0 Å². The number of nitrogens with one attached hydrogen (secondary N) is 1. The highest BCUT2D eigenvalue weighted by Crippen LogP contribution is 2.20. The van der Waals surface area contributed by atoms with Gasteiger partial charge in [-0.05, 0) is 31.5 Å². The summed E-state index contributed by atoms with van der Waals surface area (Å²) in [7, 11) is 0. The van der Waals surface area contributed by atoms with Crippen molar-refractivity contribution < 1.29 is 9.18 Å². The molecule has 0 saturated carbocycles. The van der Waals surface area contributed by atoms with Gasteiger partial charge in [-0.25, -0.2) is 9.37 Å². The Balaban J connectivity index is 2.18. The molecule has 2 aromatic rings. The second kappa shape index (κ2) is 5.46. The van der Waals surface area contributed by atoms with Crippen molar-refractivity contribution in [1.82, 2.24) is 4.98 Å². The van der Waals surface area contributed by atoms with Crippen LogP contribution in [0.25, 0.3) is 0 Å². The van der Waals surface area contributed by atoms with Crippen LogP contribution in [0.15, 0.2) is 23.6 Å². The van der Waals surface area contributed by atoms with E-state index < -0.39 is 5.82 Å². The largest absolute Gasteiger partial charge is 0.323 e.